The predicted octanol–water partition coefficient (Wildman–Crippen LogP) is 5.31. The van der Waals surface area contributed by atoms with Gasteiger partial charge in [0.25, 0.3) is 0 Å². The lowest BCUT2D eigenvalue weighted by molar-refractivity contribution is 0.0312. The van der Waals surface area contributed by atoms with Crippen LogP contribution in [-0.4, -0.2) is 25.8 Å². The zero-order valence-electron chi connectivity index (χ0n) is 14.8. The molecule has 3 heteroatoms. The molecule has 0 saturated heterocycles. The van der Waals surface area contributed by atoms with Gasteiger partial charge in [0.15, 0.2) is 0 Å². The van der Waals surface area contributed by atoms with Crippen LogP contribution in [0.1, 0.15) is 74.2 Å². The fraction of sp³-hybridized carbons (Fsp3) is 0.650. The van der Waals surface area contributed by atoms with Crippen molar-refractivity contribution in [1.29, 1.82) is 0 Å². The van der Waals surface area contributed by atoms with Gasteiger partial charge < -0.3 is 9.47 Å². The van der Waals surface area contributed by atoms with Gasteiger partial charge in [0.2, 0.25) is 0 Å². The van der Waals surface area contributed by atoms with Crippen LogP contribution in [0.5, 0.6) is 0 Å². The molecule has 23 heavy (non-hydrogen) atoms. The molecular weight excluding hydrogens is 288 g/mol. The molecular formula is C20H32O3. The minimum absolute atomic E-state index is 0.274. The van der Waals surface area contributed by atoms with Crippen molar-refractivity contribution in [2.75, 3.05) is 19.8 Å². The molecule has 0 atom stereocenters. The minimum atomic E-state index is -0.274. The Kier molecular flexibility index (Phi) is 11.2. The molecule has 0 aromatic heterocycles. The van der Waals surface area contributed by atoms with Gasteiger partial charge in [-0.05, 0) is 25.5 Å². The average molecular weight is 320 g/mol. The van der Waals surface area contributed by atoms with Gasteiger partial charge in [-0.25, -0.2) is 4.79 Å². The molecule has 1 aromatic carbocycles. The molecule has 0 fully saturated rings. The van der Waals surface area contributed by atoms with Crippen LogP contribution >= 0.6 is 0 Å². The monoisotopic (exact) mass is 320 g/mol. The Morgan fingerprint density at radius 2 is 1.61 bits per heavy atom. The van der Waals surface area contributed by atoms with Crippen LogP contribution in [-0.2, 0) is 9.47 Å². The van der Waals surface area contributed by atoms with Crippen molar-refractivity contribution in [1.82, 2.24) is 0 Å². The first-order valence-electron chi connectivity index (χ1n) is 9.05. The Bertz CT molecular complexity index is 429. The van der Waals surface area contributed by atoms with Crippen molar-refractivity contribution in [3.8, 4) is 0 Å². The summed E-state index contributed by atoms with van der Waals surface area (Å²) < 4.78 is 10.7. The minimum Gasteiger partial charge on any atom is -0.460 e. The second-order valence-corrected chi connectivity index (χ2v) is 6.09. The summed E-state index contributed by atoms with van der Waals surface area (Å²) in [4.78, 5) is 11.8. The lowest BCUT2D eigenvalue weighted by atomic mass is 10.1. The number of unbranched alkanes of at least 4 members (excludes halogenated alkanes) is 7. The summed E-state index contributed by atoms with van der Waals surface area (Å²) in [5.41, 5.74) is 1.67. The van der Waals surface area contributed by atoms with Gasteiger partial charge in [-0.2, -0.15) is 0 Å². The summed E-state index contributed by atoms with van der Waals surface area (Å²) in [6.45, 7) is 5.77. The number of ether oxygens (including phenoxy) is 2. The number of carbonyl (C=O) groups is 1. The largest absolute Gasteiger partial charge is 0.460 e. The lowest BCUT2D eigenvalue weighted by Crippen LogP contribution is -2.11. The van der Waals surface area contributed by atoms with Crippen LogP contribution in [0.2, 0.25) is 0 Å². The van der Waals surface area contributed by atoms with E-state index in [0.717, 1.165) is 18.6 Å². The van der Waals surface area contributed by atoms with Gasteiger partial charge >= 0.3 is 5.97 Å². The summed E-state index contributed by atoms with van der Waals surface area (Å²) in [6, 6.07) is 7.44. The van der Waals surface area contributed by atoms with E-state index < -0.39 is 0 Å². The number of benzene rings is 1. The first-order chi connectivity index (χ1) is 11.2. The van der Waals surface area contributed by atoms with Crippen LogP contribution in [0.3, 0.4) is 0 Å². The second kappa shape index (κ2) is 13.1. The summed E-state index contributed by atoms with van der Waals surface area (Å²) in [5.74, 6) is -0.274. The van der Waals surface area contributed by atoms with Crippen molar-refractivity contribution in [2.45, 2.75) is 65.2 Å². The standard InChI is InChI=1S/C20H32O3/c1-3-4-5-6-7-8-9-10-14-22-15-16-23-20(21)19-13-11-12-18(2)17-19/h11-13,17H,3-10,14-16H2,1-2H3. The number of hydrogen-bond donors (Lipinski definition) is 0. The lowest BCUT2D eigenvalue weighted by Gasteiger charge is -2.07. The van der Waals surface area contributed by atoms with Gasteiger partial charge in [-0.15, -0.1) is 0 Å². The van der Waals surface area contributed by atoms with Gasteiger partial charge in [-0.3, -0.25) is 0 Å². The Morgan fingerprint density at radius 3 is 2.30 bits per heavy atom. The average Bonchev–Trinajstić information content (AvgIpc) is 2.55. The molecule has 0 bridgehead atoms. The molecule has 0 aliphatic heterocycles. The fourth-order valence-electron chi connectivity index (χ4n) is 2.49. The number of rotatable bonds is 13. The van der Waals surface area contributed by atoms with E-state index >= 15 is 0 Å². The van der Waals surface area contributed by atoms with Gasteiger partial charge in [0.05, 0.1) is 12.2 Å². The van der Waals surface area contributed by atoms with Crippen LogP contribution in [0.4, 0.5) is 0 Å². The highest BCUT2D eigenvalue weighted by Gasteiger charge is 2.06. The highest BCUT2D eigenvalue weighted by Crippen LogP contribution is 2.08. The Morgan fingerprint density at radius 1 is 0.913 bits per heavy atom. The molecule has 0 N–H and O–H groups in total. The topological polar surface area (TPSA) is 35.5 Å². The maximum absolute atomic E-state index is 11.8. The Labute approximate surface area is 141 Å². The zero-order chi connectivity index (χ0) is 16.8. The van der Waals surface area contributed by atoms with Crippen molar-refractivity contribution in [3.63, 3.8) is 0 Å². The second-order valence-electron chi connectivity index (χ2n) is 6.09. The van der Waals surface area contributed by atoms with Crippen LogP contribution in [0.25, 0.3) is 0 Å². The van der Waals surface area contributed by atoms with E-state index in [1.807, 2.05) is 25.1 Å². The quantitative estimate of drug-likeness (QED) is 0.365. The molecule has 0 aliphatic rings. The van der Waals surface area contributed by atoms with Gasteiger partial charge in [0.1, 0.15) is 6.61 Å². The first kappa shape index (κ1) is 19.7. The van der Waals surface area contributed by atoms with E-state index in [0.29, 0.717) is 18.8 Å². The fourth-order valence-corrected chi connectivity index (χ4v) is 2.49. The smallest absolute Gasteiger partial charge is 0.338 e. The number of hydrogen-bond acceptors (Lipinski definition) is 3. The van der Waals surface area contributed by atoms with Gasteiger partial charge in [-0.1, -0.05) is 69.6 Å². The number of aryl methyl sites for hydroxylation is 1. The van der Waals surface area contributed by atoms with Crippen LogP contribution in [0, 0.1) is 6.92 Å². The maximum Gasteiger partial charge on any atom is 0.338 e. The SMILES string of the molecule is CCCCCCCCCCOCCOC(=O)c1cccc(C)c1. The number of esters is 1. The van der Waals surface area contributed by atoms with E-state index in [9.17, 15) is 4.79 Å². The zero-order valence-corrected chi connectivity index (χ0v) is 14.8. The third-order valence-electron chi connectivity index (χ3n) is 3.86. The predicted molar refractivity (Wildman–Crippen MR) is 94.9 cm³/mol. The molecule has 0 heterocycles. The molecule has 0 spiro atoms. The summed E-state index contributed by atoms with van der Waals surface area (Å²) in [6.07, 6.45) is 10.4. The van der Waals surface area contributed by atoms with Crippen molar-refractivity contribution in [3.05, 3.63) is 35.4 Å². The highest BCUT2D eigenvalue weighted by molar-refractivity contribution is 5.89. The maximum atomic E-state index is 11.8. The number of carbonyl (C=O) groups excluding carboxylic acids is 1. The third kappa shape index (κ3) is 10.1. The molecule has 3 nitrogen and oxygen atoms in total. The molecule has 1 rings (SSSR count). The van der Waals surface area contributed by atoms with Crippen LogP contribution in [0.15, 0.2) is 24.3 Å². The van der Waals surface area contributed by atoms with E-state index in [-0.39, 0.29) is 5.97 Å². The van der Waals surface area contributed by atoms with Gasteiger partial charge in [0, 0.05) is 6.61 Å². The highest BCUT2D eigenvalue weighted by atomic mass is 16.6. The van der Waals surface area contributed by atoms with E-state index in [2.05, 4.69) is 6.92 Å². The molecule has 0 radical (unpaired) electrons. The van der Waals surface area contributed by atoms with Crippen molar-refractivity contribution >= 4 is 5.97 Å². The van der Waals surface area contributed by atoms with E-state index in [1.54, 1.807) is 6.07 Å². The van der Waals surface area contributed by atoms with E-state index in [4.69, 9.17) is 9.47 Å². The summed E-state index contributed by atoms with van der Waals surface area (Å²) >= 11 is 0. The van der Waals surface area contributed by atoms with Crippen LogP contribution < -0.4 is 0 Å². The molecule has 0 unspecified atom stereocenters. The Balaban J connectivity index is 1.91. The molecule has 0 aliphatic carbocycles. The molecule has 130 valence electrons. The summed E-state index contributed by atoms with van der Waals surface area (Å²) in [7, 11) is 0. The molecule has 0 saturated carbocycles. The van der Waals surface area contributed by atoms with Crippen molar-refractivity contribution < 1.29 is 14.3 Å². The first-order valence-corrected chi connectivity index (χ1v) is 9.05. The molecule has 1 aromatic rings. The van der Waals surface area contributed by atoms with Crippen molar-refractivity contribution in [2.24, 2.45) is 0 Å². The normalized spacial score (nSPS) is 10.7. The Hall–Kier alpha value is -1.35. The molecule has 0 amide bonds. The third-order valence-corrected chi connectivity index (χ3v) is 3.86. The summed E-state index contributed by atoms with van der Waals surface area (Å²) in [5, 5.41) is 0. The van der Waals surface area contributed by atoms with E-state index in [1.165, 1.54) is 44.9 Å².